The van der Waals surface area contributed by atoms with Crippen molar-refractivity contribution in [1.82, 2.24) is 0 Å². The molecule has 0 amide bonds. The lowest BCUT2D eigenvalue weighted by Crippen LogP contribution is -2.05. The van der Waals surface area contributed by atoms with Gasteiger partial charge in [0.25, 0.3) is 0 Å². The van der Waals surface area contributed by atoms with Crippen LogP contribution in [0.5, 0.6) is 11.5 Å². The van der Waals surface area contributed by atoms with E-state index in [9.17, 15) is 0 Å². The van der Waals surface area contributed by atoms with Gasteiger partial charge in [0.2, 0.25) is 6.79 Å². The summed E-state index contributed by atoms with van der Waals surface area (Å²) in [5.41, 5.74) is 0. The van der Waals surface area contributed by atoms with E-state index in [1.165, 1.54) is 0 Å². The van der Waals surface area contributed by atoms with E-state index in [0.29, 0.717) is 21.5 Å². The van der Waals surface area contributed by atoms with Gasteiger partial charge in [0, 0.05) is 10.0 Å². The summed E-state index contributed by atoms with van der Waals surface area (Å²) in [5.74, 6) is 1.33. The molecule has 0 saturated heterocycles. The highest BCUT2D eigenvalue weighted by Gasteiger charge is 1.97. The molecule has 2 nitrogen and oxygen atoms in total. The van der Waals surface area contributed by atoms with Crippen molar-refractivity contribution >= 4 is 23.2 Å². The predicted octanol–water partition coefficient (Wildman–Crippen LogP) is 4.41. The Morgan fingerprint density at radius 3 is 1.65 bits per heavy atom. The van der Waals surface area contributed by atoms with Gasteiger partial charge in [-0.05, 0) is 36.4 Å². The van der Waals surface area contributed by atoms with Crippen molar-refractivity contribution < 1.29 is 9.47 Å². The van der Waals surface area contributed by atoms with Crippen molar-refractivity contribution in [2.45, 2.75) is 0 Å². The molecule has 0 saturated carbocycles. The number of halogens is 2. The van der Waals surface area contributed by atoms with E-state index in [2.05, 4.69) is 0 Å². The second-order valence-electron chi connectivity index (χ2n) is 3.32. The molecule has 2 aromatic rings. The third-order valence-electron chi connectivity index (χ3n) is 2.04. The molecule has 0 bridgehead atoms. The van der Waals surface area contributed by atoms with Gasteiger partial charge in [-0.2, -0.15) is 0 Å². The normalized spacial score (nSPS) is 10.0. The molecular formula is C13H10Cl2O2. The van der Waals surface area contributed by atoms with Gasteiger partial charge in [-0.3, -0.25) is 0 Å². The van der Waals surface area contributed by atoms with Gasteiger partial charge >= 0.3 is 0 Å². The van der Waals surface area contributed by atoms with Gasteiger partial charge in [-0.1, -0.05) is 35.3 Å². The van der Waals surface area contributed by atoms with E-state index < -0.39 is 0 Å². The van der Waals surface area contributed by atoms with E-state index in [1.54, 1.807) is 24.3 Å². The van der Waals surface area contributed by atoms with E-state index in [-0.39, 0.29) is 6.79 Å². The highest BCUT2D eigenvalue weighted by Crippen LogP contribution is 2.19. The van der Waals surface area contributed by atoms with Crippen LogP contribution in [0.1, 0.15) is 0 Å². The predicted molar refractivity (Wildman–Crippen MR) is 69.0 cm³/mol. The van der Waals surface area contributed by atoms with Crippen LogP contribution in [0.15, 0.2) is 48.5 Å². The van der Waals surface area contributed by atoms with Gasteiger partial charge in [0.1, 0.15) is 11.5 Å². The molecule has 0 aliphatic heterocycles. The average molecular weight is 269 g/mol. The molecule has 0 radical (unpaired) electrons. The number of hydrogen-bond donors (Lipinski definition) is 0. The summed E-state index contributed by atoms with van der Waals surface area (Å²) in [6.07, 6.45) is 0. The van der Waals surface area contributed by atoms with Crippen molar-refractivity contribution in [3.05, 3.63) is 58.6 Å². The molecule has 4 heteroatoms. The van der Waals surface area contributed by atoms with Crippen molar-refractivity contribution in [1.29, 1.82) is 0 Å². The minimum absolute atomic E-state index is 0.112. The summed E-state index contributed by atoms with van der Waals surface area (Å²) in [5, 5.41) is 1.26. The van der Waals surface area contributed by atoms with Crippen LogP contribution in [-0.4, -0.2) is 6.79 Å². The van der Waals surface area contributed by atoms with Crippen molar-refractivity contribution in [3.8, 4) is 11.5 Å². The van der Waals surface area contributed by atoms with Crippen LogP contribution >= 0.6 is 23.2 Å². The van der Waals surface area contributed by atoms with Gasteiger partial charge in [-0.25, -0.2) is 0 Å². The molecule has 2 aromatic carbocycles. The lowest BCUT2D eigenvalue weighted by Gasteiger charge is -2.08. The Labute approximate surface area is 110 Å². The molecule has 0 heterocycles. The fraction of sp³-hybridized carbons (Fsp3) is 0.0769. The van der Waals surface area contributed by atoms with E-state index in [4.69, 9.17) is 32.7 Å². The lowest BCUT2D eigenvalue weighted by atomic mass is 10.3. The fourth-order valence-electron chi connectivity index (χ4n) is 1.28. The second kappa shape index (κ2) is 5.80. The first-order valence-corrected chi connectivity index (χ1v) is 5.76. The first-order valence-electron chi connectivity index (χ1n) is 5.01. The Hall–Kier alpha value is -1.38. The second-order valence-corrected chi connectivity index (χ2v) is 4.19. The Balaban J connectivity index is 1.87. The first-order chi connectivity index (χ1) is 8.24. The van der Waals surface area contributed by atoms with E-state index in [1.807, 2.05) is 24.3 Å². The van der Waals surface area contributed by atoms with Crippen LogP contribution in [0.25, 0.3) is 0 Å². The fourth-order valence-corrected chi connectivity index (χ4v) is 1.64. The Morgan fingerprint density at radius 1 is 0.765 bits per heavy atom. The van der Waals surface area contributed by atoms with Crippen LogP contribution in [0, 0.1) is 0 Å². The number of hydrogen-bond acceptors (Lipinski definition) is 2. The maximum atomic E-state index is 5.82. The third-order valence-corrected chi connectivity index (χ3v) is 2.51. The molecule has 0 N–H and O–H groups in total. The molecule has 0 aliphatic rings. The molecule has 2 rings (SSSR count). The van der Waals surface area contributed by atoms with Crippen LogP contribution < -0.4 is 9.47 Å². The van der Waals surface area contributed by atoms with E-state index >= 15 is 0 Å². The van der Waals surface area contributed by atoms with Crippen LogP contribution in [0.4, 0.5) is 0 Å². The first kappa shape index (κ1) is 12.1. The maximum Gasteiger partial charge on any atom is 0.230 e. The zero-order valence-electron chi connectivity index (χ0n) is 8.90. The average Bonchev–Trinajstić information content (AvgIpc) is 2.29. The SMILES string of the molecule is Clc1cccc(OCOc2cccc(Cl)c2)c1. The van der Waals surface area contributed by atoms with Gasteiger partial charge in [-0.15, -0.1) is 0 Å². The van der Waals surface area contributed by atoms with Crippen molar-refractivity contribution in [2.24, 2.45) is 0 Å². The molecule has 0 aliphatic carbocycles. The summed E-state index contributed by atoms with van der Waals surface area (Å²) in [6, 6.07) is 14.3. The molecule has 88 valence electrons. The van der Waals surface area contributed by atoms with Crippen LogP contribution in [0.3, 0.4) is 0 Å². The highest BCUT2D eigenvalue weighted by molar-refractivity contribution is 6.31. The summed E-state index contributed by atoms with van der Waals surface area (Å²) < 4.78 is 10.8. The molecule has 0 fully saturated rings. The van der Waals surface area contributed by atoms with Gasteiger partial charge in [0.15, 0.2) is 0 Å². The zero-order chi connectivity index (χ0) is 12.1. The Bertz CT molecular complexity index is 455. The molecule has 0 spiro atoms. The summed E-state index contributed by atoms with van der Waals surface area (Å²) in [7, 11) is 0. The number of ether oxygens (including phenoxy) is 2. The van der Waals surface area contributed by atoms with Gasteiger partial charge in [0.05, 0.1) is 0 Å². The van der Waals surface area contributed by atoms with Crippen molar-refractivity contribution in [3.63, 3.8) is 0 Å². The number of rotatable bonds is 4. The molecule has 0 unspecified atom stereocenters. The topological polar surface area (TPSA) is 18.5 Å². The number of benzene rings is 2. The maximum absolute atomic E-state index is 5.82. The Morgan fingerprint density at radius 2 is 1.24 bits per heavy atom. The Kier molecular flexibility index (Phi) is 4.13. The standard InChI is InChI=1S/C13H10Cl2O2/c14-10-3-1-5-12(7-10)16-9-17-13-6-2-4-11(15)8-13/h1-8H,9H2. The molecule has 0 atom stereocenters. The summed E-state index contributed by atoms with van der Waals surface area (Å²) in [4.78, 5) is 0. The summed E-state index contributed by atoms with van der Waals surface area (Å²) in [6.45, 7) is 0.112. The lowest BCUT2D eigenvalue weighted by molar-refractivity contribution is 0.120. The molecular weight excluding hydrogens is 259 g/mol. The largest absolute Gasteiger partial charge is 0.457 e. The third kappa shape index (κ3) is 3.84. The van der Waals surface area contributed by atoms with Crippen molar-refractivity contribution in [2.75, 3.05) is 6.79 Å². The van der Waals surface area contributed by atoms with E-state index in [0.717, 1.165) is 0 Å². The van der Waals surface area contributed by atoms with Crippen LogP contribution in [-0.2, 0) is 0 Å². The van der Waals surface area contributed by atoms with Crippen LogP contribution in [0.2, 0.25) is 10.0 Å². The minimum atomic E-state index is 0.112. The van der Waals surface area contributed by atoms with Gasteiger partial charge < -0.3 is 9.47 Å². The molecule has 17 heavy (non-hydrogen) atoms. The quantitative estimate of drug-likeness (QED) is 0.765. The monoisotopic (exact) mass is 268 g/mol. The highest BCUT2D eigenvalue weighted by atomic mass is 35.5. The minimum Gasteiger partial charge on any atom is -0.457 e. The molecule has 0 aromatic heterocycles. The smallest absolute Gasteiger partial charge is 0.230 e. The zero-order valence-corrected chi connectivity index (χ0v) is 10.4. The summed E-state index contributed by atoms with van der Waals surface area (Å²) >= 11 is 11.6.